The highest BCUT2D eigenvalue weighted by molar-refractivity contribution is 9.10. The first kappa shape index (κ1) is 18.7. The Morgan fingerprint density at radius 3 is 2.75 bits per heavy atom. The van der Waals surface area contributed by atoms with Crippen molar-refractivity contribution in [1.82, 2.24) is 19.7 Å². The molecule has 1 aliphatic rings. The zero-order valence-corrected chi connectivity index (χ0v) is 15.7. The summed E-state index contributed by atoms with van der Waals surface area (Å²) in [5.74, 6) is -0.135. The van der Waals surface area contributed by atoms with Crippen molar-refractivity contribution in [1.29, 1.82) is 0 Å². The van der Waals surface area contributed by atoms with Crippen LogP contribution in [0.1, 0.15) is 11.5 Å². The first-order valence-corrected chi connectivity index (χ1v) is 8.11. The van der Waals surface area contributed by atoms with Gasteiger partial charge < -0.3 is 15.2 Å². The smallest absolute Gasteiger partial charge is 0.264 e. The maximum absolute atomic E-state index is 12.6. The van der Waals surface area contributed by atoms with E-state index in [-0.39, 0.29) is 35.7 Å². The molecule has 2 N–H and O–H groups in total. The third kappa shape index (κ3) is 3.71. The van der Waals surface area contributed by atoms with Gasteiger partial charge in [-0.15, -0.1) is 12.4 Å². The van der Waals surface area contributed by atoms with Gasteiger partial charge in [-0.25, -0.2) is 0 Å². The third-order valence-corrected chi connectivity index (χ3v) is 4.68. The number of amides is 1. The van der Waals surface area contributed by atoms with Gasteiger partial charge in [0.2, 0.25) is 5.91 Å². The normalized spacial score (nSPS) is 19.8. The van der Waals surface area contributed by atoms with Crippen LogP contribution in [0.15, 0.2) is 33.9 Å². The standard InChI is InChI=1S/C15H18BrN5O2.ClH/c1-20-8-10(3-13(16)15(20)23)19-14(22)12-6-17-5-11(12)9-4-18-21(2)7-9;/h3-4,7-8,11-12,17H,5-6H2,1-2H3,(H,19,22);1H/t11-,12+;/m1./s1. The summed E-state index contributed by atoms with van der Waals surface area (Å²) < 4.78 is 3.60. The SMILES string of the molecule is Cl.Cn1cc([C@H]2CNC[C@@H]2C(=O)Nc2cc(Br)c(=O)n(C)c2)cn1. The van der Waals surface area contributed by atoms with Crippen LogP contribution in [0.3, 0.4) is 0 Å². The Morgan fingerprint density at radius 2 is 2.12 bits per heavy atom. The molecule has 0 saturated carbocycles. The van der Waals surface area contributed by atoms with Gasteiger partial charge in [-0.2, -0.15) is 5.10 Å². The average Bonchev–Trinajstić information content (AvgIpc) is 3.12. The molecule has 9 heteroatoms. The Morgan fingerprint density at radius 1 is 1.38 bits per heavy atom. The molecule has 1 saturated heterocycles. The molecule has 1 aliphatic heterocycles. The van der Waals surface area contributed by atoms with Crippen LogP contribution in [0.25, 0.3) is 0 Å². The Labute approximate surface area is 154 Å². The topological polar surface area (TPSA) is 81.0 Å². The molecule has 3 heterocycles. The van der Waals surface area contributed by atoms with Crippen molar-refractivity contribution in [2.24, 2.45) is 20.0 Å². The summed E-state index contributed by atoms with van der Waals surface area (Å²) in [5, 5.41) is 10.4. The van der Waals surface area contributed by atoms with E-state index in [0.29, 0.717) is 16.7 Å². The van der Waals surface area contributed by atoms with Crippen molar-refractivity contribution in [3.8, 4) is 0 Å². The molecule has 0 spiro atoms. The van der Waals surface area contributed by atoms with Gasteiger partial charge in [0.05, 0.1) is 22.3 Å². The van der Waals surface area contributed by atoms with Crippen molar-refractivity contribution >= 4 is 39.9 Å². The van der Waals surface area contributed by atoms with E-state index in [0.717, 1.165) is 12.1 Å². The van der Waals surface area contributed by atoms with Crippen molar-refractivity contribution in [2.75, 3.05) is 18.4 Å². The molecule has 2 aromatic heterocycles. The first-order chi connectivity index (χ1) is 11.0. The van der Waals surface area contributed by atoms with E-state index in [1.807, 2.05) is 13.2 Å². The number of carbonyl (C=O) groups excluding carboxylic acids is 1. The quantitative estimate of drug-likeness (QED) is 0.789. The summed E-state index contributed by atoms with van der Waals surface area (Å²) >= 11 is 3.21. The number of hydrogen-bond acceptors (Lipinski definition) is 4. The fourth-order valence-corrected chi connectivity index (χ4v) is 3.44. The summed E-state index contributed by atoms with van der Waals surface area (Å²) in [5.41, 5.74) is 1.51. The Balaban J connectivity index is 0.00000208. The number of rotatable bonds is 3. The molecule has 0 radical (unpaired) electrons. The minimum Gasteiger partial charge on any atom is -0.324 e. The van der Waals surface area contributed by atoms with Crippen LogP contribution in [0.2, 0.25) is 0 Å². The van der Waals surface area contributed by atoms with Crippen LogP contribution >= 0.6 is 28.3 Å². The van der Waals surface area contributed by atoms with Gasteiger partial charge in [0.25, 0.3) is 5.56 Å². The molecule has 0 aliphatic carbocycles. The lowest BCUT2D eigenvalue weighted by atomic mass is 9.90. The van der Waals surface area contributed by atoms with Crippen LogP contribution in [0.5, 0.6) is 0 Å². The monoisotopic (exact) mass is 415 g/mol. The Hall–Kier alpha value is -1.64. The van der Waals surface area contributed by atoms with Gasteiger partial charge in [0, 0.05) is 45.5 Å². The minimum atomic E-state index is -0.171. The molecule has 130 valence electrons. The maximum atomic E-state index is 12.6. The zero-order valence-electron chi connectivity index (χ0n) is 13.3. The number of pyridine rings is 1. The van der Waals surface area contributed by atoms with Crippen LogP contribution < -0.4 is 16.2 Å². The highest BCUT2D eigenvalue weighted by atomic mass is 79.9. The minimum absolute atomic E-state index is 0. The molecule has 2 aromatic rings. The molecular formula is C15H19BrClN5O2. The summed E-state index contributed by atoms with van der Waals surface area (Å²) in [4.78, 5) is 24.3. The summed E-state index contributed by atoms with van der Waals surface area (Å²) in [6, 6.07) is 1.63. The van der Waals surface area contributed by atoms with E-state index in [9.17, 15) is 9.59 Å². The molecule has 1 amide bonds. The molecule has 1 fully saturated rings. The van der Waals surface area contributed by atoms with Gasteiger partial charge in [-0.3, -0.25) is 14.3 Å². The molecule has 3 rings (SSSR count). The fraction of sp³-hybridized carbons (Fsp3) is 0.400. The largest absolute Gasteiger partial charge is 0.324 e. The fourth-order valence-electron chi connectivity index (χ4n) is 2.91. The predicted octanol–water partition coefficient (Wildman–Crippen LogP) is 1.24. The second kappa shape index (κ2) is 7.50. The van der Waals surface area contributed by atoms with Crippen LogP contribution in [0.4, 0.5) is 5.69 Å². The van der Waals surface area contributed by atoms with Gasteiger partial charge in [0.1, 0.15) is 0 Å². The number of aromatic nitrogens is 3. The molecule has 0 aromatic carbocycles. The molecule has 0 unspecified atom stereocenters. The predicted molar refractivity (Wildman–Crippen MR) is 97.6 cm³/mol. The van der Waals surface area contributed by atoms with Gasteiger partial charge in [-0.05, 0) is 27.6 Å². The second-order valence-electron chi connectivity index (χ2n) is 5.80. The van der Waals surface area contributed by atoms with E-state index in [2.05, 4.69) is 31.7 Å². The highest BCUT2D eigenvalue weighted by Gasteiger charge is 2.34. The number of carbonyl (C=O) groups is 1. The Bertz CT molecular complexity index is 777. The van der Waals surface area contributed by atoms with E-state index in [4.69, 9.17) is 0 Å². The van der Waals surface area contributed by atoms with E-state index < -0.39 is 0 Å². The first-order valence-electron chi connectivity index (χ1n) is 7.32. The molecule has 0 bridgehead atoms. The van der Waals surface area contributed by atoms with Crippen molar-refractivity contribution in [3.63, 3.8) is 0 Å². The lowest BCUT2D eigenvalue weighted by Gasteiger charge is -2.17. The van der Waals surface area contributed by atoms with Crippen LogP contribution in [0, 0.1) is 5.92 Å². The van der Waals surface area contributed by atoms with Gasteiger partial charge in [-0.1, -0.05) is 0 Å². The number of hydrogen-bond donors (Lipinski definition) is 2. The summed E-state index contributed by atoms with van der Waals surface area (Å²) in [6.45, 7) is 1.37. The average molecular weight is 417 g/mol. The van der Waals surface area contributed by atoms with E-state index in [1.54, 1.807) is 30.2 Å². The van der Waals surface area contributed by atoms with Gasteiger partial charge in [0.15, 0.2) is 0 Å². The molecule has 24 heavy (non-hydrogen) atoms. The zero-order chi connectivity index (χ0) is 16.6. The van der Waals surface area contributed by atoms with Crippen LogP contribution in [-0.4, -0.2) is 33.3 Å². The Kier molecular flexibility index (Phi) is 5.84. The highest BCUT2D eigenvalue weighted by Crippen LogP contribution is 2.29. The second-order valence-corrected chi connectivity index (χ2v) is 6.65. The third-order valence-electron chi connectivity index (χ3n) is 4.11. The lowest BCUT2D eigenvalue weighted by molar-refractivity contribution is -0.119. The summed E-state index contributed by atoms with van der Waals surface area (Å²) in [6.07, 6.45) is 5.37. The number of anilines is 1. The van der Waals surface area contributed by atoms with Crippen molar-refractivity contribution in [3.05, 3.63) is 45.0 Å². The van der Waals surface area contributed by atoms with Gasteiger partial charge >= 0.3 is 0 Å². The van der Waals surface area contributed by atoms with Crippen LogP contribution in [-0.2, 0) is 18.9 Å². The number of nitrogens with zero attached hydrogens (tertiary/aromatic N) is 3. The summed E-state index contributed by atoms with van der Waals surface area (Å²) in [7, 11) is 3.52. The van der Waals surface area contributed by atoms with E-state index in [1.165, 1.54) is 4.57 Å². The van der Waals surface area contributed by atoms with E-state index >= 15 is 0 Å². The van der Waals surface area contributed by atoms with Crippen molar-refractivity contribution in [2.45, 2.75) is 5.92 Å². The number of nitrogens with one attached hydrogen (secondary N) is 2. The maximum Gasteiger partial charge on any atom is 0.264 e. The number of aryl methyl sites for hydroxylation is 2. The molecule has 7 nitrogen and oxygen atoms in total. The number of halogens is 2. The lowest BCUT2D eigenvalue weighted by Crippen LogP contribution is -2.29. The molecular weight excluding hydrogens is 398 g/mol. The molecule has 2 atom stereocenters. The van der Waals surface area contributed by atoms with Crippen molar-refractivity contribution < 1.29 is 4.79 Å².